The molecule has 0 radical (unpaired) electrons. The molecule has 1 saturated carbocycles. The minimum absolute atomic E-state index is 0.154. The van der Waals surface area contributed by atoms with Crippen molar-refractivity contribution in [1.82, 2.24) is 14.8 Å². The summed E-state index contributed by atoms with van der Waals surface area (Å²) < 4.78 is 13.6. The molecular weight excluding hydrogens is 480 g/mol. The number of ether oxygens (including phenoxy) is 2. The normalized spacial score (nSPS) is 13.5. The van der Waals surface area contributed by atoms with E-state index in [0.29, 0.717) is 28.9 Å². The average molecular weight is 509 g/mol. The highest BCUT2D eigenvalue weighted by Crippen LogP contribution is 2.37. The van der Waals surface area contributed by atoms with E-state index in [1.165, 1.54) is 6.42 Å². The van der Waals surface area contributed by atoms with Crippen molar-refractivity contribution in [1.29, 1.82) is 0 Å². The second-order valence-electron chi connectivity index (χ2n) is 9.67. The first-order valence-electron chi connectivity index (χ1n) is 12.7. The lowest BCUT2D eigenvalue weighted by molar-refractivity contribution is -0.136. The van der Waals surface area contributed by atoms with Crippen LogP contribution in [0.25, 0.3) is 32.8 Å². The summed E-state index contributed by atoms with van der Waals surface area (Å²) in [5, 5.41) is 17.3. The molecule has 2 heterocycles. The number of nitrogens with zero attached hydrogens (tertiary/aromatic N) is 3. The van der Waals surface area contributed by atoms with E-state index in [1.54, 1.807) is 31.5 Å². The quantitative estimate of drug-likeness (QED) is 0.273. The van der Waals surface area contributed by atoms with E-state index in [1.807, 2.05) is 12.1 Å². The van der Waals surface area contributed by atoms with Gasteiger partial charge in [-0.05, 0) is 78.2 Å². The summed E-state index contributed by atoms with van der Waals surface area (Å²) in [5.74, 6) is 0.698. The molecule has 0 atom stereocenters. The predicted molar refractivity (Wildman–Crippen MR) is 146 cm³/mol. The molecule has 0 saturated heterocycles. The number of fused-ring (bicyclic) bond motifs is 2. The first kappa shape index (κ1) is 23.8. The summed E-state index contributed by atoms with van der Waals surface area (Å²) >= 11 is 0. The molecule has 2 aromatic heterocycles. The van der Waals surface area contributed by atoms with Gasteiger partial charge in [0.1, 0.15) is 23.9 Å². The largest absolute Gasteiger partial charge is 0.497 e. The number of benzene rings is 3. The summed E-state index contributed by atoms with van der Waals surface area (Å²) in [7, 11) is 1.56. The standard InChI is InChI=1S/C30H28N4O4/c1-37-23-8-10-28(21(13-23)16-29(35)36)38-17-27-25-15-20(7-9-26(25)33-34(27)22-3-2-4-22)19-6-5-18-11-12-32-30(31)24(18)14-19/h5-15,22H,2-4,16-17H2,1H3,(H2,31,32)(H,35,36). The zero-order chi connectivity index (χ0) is 26.2. The molecule has 5 aromatic rings. The molecule has 0 aliphatic heterocycles. The lowest BCUT2D eigenvalue weighted by atomic mass is 9.93. The molecule has 1 fully saturated rings. The van der Waals surface area contributed by atoms with Gasteiger partial charge in [-0.3, -0.25) is 9.48 Å². The number of aromatic nitrogens is 3. The number of carboxylic acid groups (broad SMARTS) is 1. The van der Waals surface area contributed by atoms with Gasteiger partial charge in [-0.2, -0.15) is 5.10 Å². The number of pyridine rings is 1. The summed E-state index contributed by atoms with van der Waals surface area (Å²) in [5.41, 5.74) is 10.7. The number of anilines is 1. The SMILES string of the molecule is COc1ccc(OCc2c3cc(-c4ccc5ccnc(N)c5c4)ccc3nn2C2CCC2)c(CC(=O)O)c1. The number of aliphatic carboxylic acids is 1. The molecule has 3 aromatic carbocycles. The fourth-order valence-corrected chi connectivity index (χ4v) is 5.05. The van der Waals surface area contributed by atoms with E-state index in [2.05, 4.69) is 40.0 Å². The molecule has 0 unspecified atom stereocenters. The van der Waals surface area contributed by atoms with Crippen LogP contribution in [0.15, 0.2) is 66.9 Å². The Morgan fingerprint density at radius 3 is 2.58 bits per heavy atom. The summed E-state index contributed by atoms with van der Waals surface area (Å²) in [4.78, 5) is 15.7. The third-order valence-corrected chi connectivity index (χ3v) is 7.32. The molecule has 0 spiro atoms. The highest BCUT2D eigenvalue weighted by atomic mass is 16.5. The van der Waals surface area contributed by atoms with E-state index in [9.17, 15) is 9.90 Å². The fraction of sp³-hybridized carbons (Fsp3) is 0.233. The number of nitrogens with two attached hydrogens (primary N) is 1. The minimum Gasteiger partial charge on any atom is -0.497 e. The Kier molecular flexibility index (Phi) is 6.07. The van der Waals surface area contributed by atoms with Gasteiger partial charge in [0, 0.05) is 22.5 Å². The van der Waals surface area contributed by atoms with E-state index in [4.69, 9.17) is 20.3 Å². The van der Waals surface area contributed by atoms with Gasteiger partial charge in [0.25, 0.3) is 0 Å². The van der Waals surface area contributed by atoms with Gasteiger partial charge < -0.3 is 20.3 Å². The Morgan fingerprint density at radius 1 is 1.05 bits per heavy atom. The molecule has 192 valence electrons. The molecule has 1 aliphatic rings. The van der Waals surface area contributed by atoms with Gasteiger partial charge in [-0.15, -0.1) is 0 Å². The number of rotatable bonds is 8. The number of hydrogen-bond donors (Lipinski definition) is 2. The Labute approximate surface area is 219 Å². The van der Waals surface area contributed by atoms with Crippen molar-refractivity contribution >= 4 is 33.5 Å². The van der Waals surface area contributed by atoms with Gasteiger partial charge in [0.05, 0.1) is 30.8 Å². The maximum atomic E-state index is 11.5. The minimum atomic E-state index is -0.927. The third kappa shape index (κ3) is 4.38. The number of methoxy groups -OCH3 is 1. The molecule has 0 bridgehead atoms. The van der Waals surface area contributed by atoms with Crippen LogP contribution in [0.3, 0.4) is 0 Å². The first-order valence-corrected chi connectivity index (χ1v) is 12.7. The van der Waals surface area contributed by atoms with Crippen molar-refractivity contribution in [2.75, 3.05) is 12.8 Å². The van der Waals surface area contributed by atoms with Crippen molar-refractivity contribution in [3.63, 3.8) is 0 Å². The highest BCUT2D eigenvalue weighted by Gasteiger charge is 2.25. The average Bonchev–Trinajstić information content (AvgIpc) is 3.23. The second kappa shape index (κ2) is 9.70. The van der Waals surface area contributed by atoms with Crippen LogP contribution in [0, 0.1) is 0 Å². The van der Waals surface area contributed by atoms with Crippen molar-refractivity contribution in [2.45, 2.75) is 38.3 Å². The summed E-state index contributed by atoms with van der Waals surface area (Å²) in [6, 6.07) is 20.0. The monoisotopic (exact) mass is 508 g/mol. The Balaban J connectivity index is 1.39. The molecule has 3 N–H and O–H groups in total. The molecule has 38 heavy (non-hydrogen) atoms. The third-order valence-electron chi connectivity index (χ3n) is 7.32. The smallest absolute Gasteiger partial charge is 0.307 e. The summed E-state index contributed by atoms with van der Waals surface area (Å²) in [6.45, 7) is 0.268. The van der Waals surface area contributed by atoms with Gasteiger partial charge >= 0.3 is 5.97 Å². The number of carbonyl (C=O) groups is 1. The van der Waals surface area contributed by atoms with E-state index in [0.717, 1.165) is 51.3 Å². The predicted octanol–water partition coefficient (Wildman–Crippen LogP) is 5.77. The Hall–Kier alpha value is -4.59. The lowest BCUT2D eigenvalue weighted by Gasteiger charge is -2.27. The number of carboxylic acids is 1. The van der Waals surface area contributed by atoms with Crippen LogP contribution in [0.2, 0.25) is 0 Å². The molecule has 8 nitrogen and oxygen atoms in total. The van der Waals surface area contributed by atoms with Crippen LogP contribution >= 0.6 is 0 Å². The Bertz CT molecular complexity index is 1670. The molecule has 6 rings (SSSR count). The molecule has 1 aliphatic carbocycles. The van der Waals surface area contributed by atoms with E-state index in [-0.39, 0.29) is 13.0 Å². The van der Waals surface area contributed by atoms with Gasteiger partial charge in [-0.1, -0.05) is 18.2 Å². The van der Waals surface area contributed by atoms with Crippen molar-refractivity contribution in [2.24, 2.45) is 0 Å². The maximum absolute atomic E-state index is 11.5. The molecule has 8 heteroatoms. The second-order valence-corrected chi connectivity index (χ2v) is 9.67. The fourth-order valence-electron chi connectivity index (χ4n) is 5.05. The zero-order valence-electron chi connectivity index (χ0n) is 21.1. The number of nitrogen functional groups attached to an aromatic ring is 1. The van der Waals surface area contributed by atoms with Gasteiger partial charge in [0.15, 0.2) is 0 Å². The van der Waals surface area contributed by atoms with Crippen LogP contribution in [-0.2, 0) is 17.8 Å². The Morgan fingerprint density at radius 2 is 1.84 bits per heavy atom. The highest BCUT2D eigenvalue weighted by molar-refractivity contribution is 5.95. The first-order chi connectivity index (χ1) is 18.5. The lowest BCUT2D eigenvalue weighted by Crippen LogP contribution is -2.21. The van der Waals surface area contributed by atoms with Gasteiger partial charge in [0.2, 0.25) is 0 Å². The topological polar surface area (TPSA) is 112 Å². The van der Waals surface area contributed by atoms with Crippen LogP contribution < -0.4 is 15.2 Å². The zero-order valence-corrected chi connectivity index (χ0v) is 21.1. The van der Waals surface area contributed by atoms with E-state index >= 15 is 0 Å². The van der Waals surface area contributed by atoms with Crippen LogP contribution in [0.1, 0.15) is 36.6 Å². The van der Waals surface area contributed by atoms with Crippen molar-refractivity contribution in [3.8, 4) is 22.6 Å². The van der Waals surface area contributed by atoms with Crippen LogP contribution in [0.5, 0.6) is 11.5 Å². The molecular formula is C30H28N4O4. The van der Waals surface area contributed by atoms with Crippen molar-refractivity contribution < 1.29 is 19.4 Å². The van der Waals surface area contributed by atoms with Gasteiger partial charge in [-0.25, -0.2) is 4.98 Å². The summed E-state index contributed by atoms with van der Waals surface area (Å²) in [6.07, 6.45) is 4.91. The van der Waals surface area contributed by atoms with Crippen molar-refractivity contribution in [3.05, 3.63) is 78.1 Å². The van der Waals surface area contributed by atoms with Crippen LogP contribution in [-0.4, -0.2) is 33.0 Å². The van der Waals surface area contributed by atoms with E-state index < -0.39 is 5.97 Å². The maximum Gasteiger partial charge on any atom is 0.307 e. The number of hydrogen-bond acceptors (Lipinski definition) is 6. The molecule has 0 amide bonds. The van der Waals surface area contributed by atoms with Crippen LogP contribution in [0.4, 0.5) is 5.82 Å².